The number of carbonyl (C=O) groups excluding carboxylic acids is 1. The number of benzene rings is 1. The average Bonchev–Trinajstić information content (AvgIpc) is 3.07. The van der Waals surface area contributed by atoms with Gasteiger partial charge in [0, 0.05) is 30.4 Å². The molecule has 2 heterocycles. The zero-order valence-corrected chi connectivity index (χ0v) is 15.4. The lowest BCUT2D eigenvalue weighted by molar-refractivity contribution is 0.0709. The van der Waals surface area contributed by atoms with Gasteiger partial charge in [0.15, 0.2) is 0 Å². The van der Waals surface area contributed by atoms with E-state index in [-0.39, 0.29) is 5.91 Å². The molecule has 1 aliphatic heterocycles. The summed E-state index contributed by atoms with van der Waals surface area (Å²) in [5.74, 6) is -0.0544. The summed E-state index contributed by atoms with van der Waals surface area (Å²) < 4.78 is 0. The Morgan fingerprint density at radius 3 is 2.72 bits per heavy atom. The predicted molar refractivity (Wildman–Crippen MR) is 99.8 cm³/mol. The number of hydrogen-bond donors (Lipinski definition) is 1. The number of likely N-dealkylation sites (tertiary alicyclic amines) is 1. The summed E-state index contributed by atoms with van der Waals surface area (Å²) in [4.78, 5) is 17.2. The Morgan fingerprint density at radius 2 is 2.04 bits per heavy atom. The molecule has 0 bridgehead atoms. The molecule has 1 aliphatic rings. The maximum absolute atomic E-state index is 12.9. The maximum atomic E-state index is 12.9. The Hall–Kier alpha value is -1.85. The van der Waals surface area contributed by atoms with Gasteiger partial charge in [-0.15, -0.1) is 0 Å². The highest BCUT2D eigenvalue weighted by atomic mass is 35.5. The number of aryl methyl sites for hydroxylation is 1. The number of nitrogens with zero attached hydrogens (tertiary/aromatic N) is 3. The molecule has 5 nitrogen and oxygen atoms in total. The lowest BCUT2D eigenvalue weighted by Crippen LogP contribution is -2.40. The van der Waals surface area contributed by atoms with Crippen LogP contribution in [0, 0.1) is 6.92 Å². The molecule has 0 aliphatic carbocycles. The number of aromatic amines is 1. The van der Waals surface area contributed by atoms with Crippen molar-refractivity contribution >= 4 is 17.5 Å². The third-order valence-corrected chi connectivity index (χ3v) is 5.03. The fraction of sp³-hybridized carbons (Fsp3) is 0.474. The minimum absolute atomic E-state index is 0.0544. The van der Waals surface area contributed by atoms with Gasteiger partial charge < -0.3 is 9.80 Å². The van der Waals surface area contributed by atoms with Crippen molar-refractivity contribution in [1.29, 1.82) is 0 Å². The highest BCUT2D eigenvalue weighted by Gasteiger charge is 2.21. The van der Waals surface area contributed by atoms with Crippen LogP contribution >= 0.6 is 11.6 Å². The molecule has 1 aromatic carbocycles. The maximum Gasteiger partial charge on any atom is 0.274 e. The molecule has 2 aromatic rings. The number of rotatable bonds is 6. The van der Waals surface area contributed by atoms with Gasteiger partial charge in [0.05, 0.1) is 0 Å². The van der Waals surface area contributed by atoms with Gasteiger partial charge in [-0.05, 0) is 50.6 Å². The molecule has 25 heavy (non-hydrogen) atoms. The molecule has 0 radical (unpaired) electrons. The van der Waals surface area contributed by atoms with E-state index in [4.69, 9.17) is 11.6 Å². The zero-order chi connectivity index (χ0) is 17.6. The van der Waals surface area contributed by atoms with Crippen LogP contribution in [0.5, 0.6) is 0 Å². The van der Waals surface area contributed by atoms with Crippen LogP contribution in [0.2, 0.25) is 5.02 Å². The number of aromatic nitrogens is 2. The molecule has 1 fully saturated rings. The molecule has 3 rings (SSSR count). The molecule has 0 atom stereocenters. The quantitative estimate of drug-likeness (QED) is 0.857. The molecule has 0 unspecified atom stereocenters. The third-order valence-electron chi connectivity index (χ3n) is 4.67. The predicted octanol–water partition coefficient (Wildman–Crippen LogP) is 3.50. The summed E-state index contributed by atoms with van der Waals surface area (Å²) in [6.45, 7) is 6.20. The number of amides is 1. The van der Waals surface area contributed by atoms with Crippen LogP contribution in [0.1, 0.15) is 41.0 Å². The van der Waals surface area contributed by atoms with Crippen molar-refractivity contribution < 1.29 is 4.79 Å². The Kier molecular flexibility index (Phi) is 6.10. The number of halogens is 1. The first kappa shape index (κ1) is 18.0. The Morgan fingerprint density at radius 1 is 1.28 bits per heavy atom. The van der Waals surface area contributed by atoms with E-state index >= 15 is 0 Å². The lowest BCUT2D eigenvalue weighted by atomic mass is 10.1. The van der Waals surface area contributed by atoms with Crippen LogP contribution in [0.15, 0.2) is 30.3 Å². The second kappa shape index (κ2) is 8.50. The van der Waals surface area contributed by atoms with E-state index in [1.54, 1.807) is 6.07 Å². The molecule has 6 heteroatoms. The first-order valence-corrected chi connectivity index (χ1v) is 9.28. The molecule has 0 spiro atoms. The van der Waals surface area contributed by atoms with E-state index in [2.05, 4.69) is 15.1 Å². The van der Waals surface area contributed by atoms with Gasteiger partial charge in [0.25, 0.3) is 5.91 Å². The summed E-state index contributed by atoms with van der Waals surface area (Å²) in [5.41, 5.74) is 2.31. The SMILES string of the molecule is Cc1cc(C(=O)N(CCN2CCCCC2)Cc2ccccc2Cl)n[nH]1. The minimum Gasteiger partial charge on any atom is -0.332 e. The number of hydrogen-bond acceptors (Lipinski definition) is 3. The Balaban J connectivity index is 1.72. The summed E-state index contributed by atoms with van der Waals surface area (Å²) in [5, 5.41) is 7.67. The fourth-order valence-electron chi connectivity index (χ4n) is 3.22. The van der Waals surface area contributed by atoms with Gasteiger partial charge in [0.1, 0.15) is 5.69 Å². The number of carbonyl (C=O) groups is 1. The number of nitrogens with one attached hydrogen (secondary N) is 1. The van der Waals surface area contributed by atoms with E-state index in [1.165, 1.54) is 19.3 Å². The van der Waals surface area contributed by atoms with Crippen LogP contribution in [0.4, 0.5) is 0 Å². The topological polar surface area (TPSA) is 52.2 Å². The van der Waals surface area contributed by atoms with Crippen LogP contribution in [-0.4, -0.2) is 52.1 Å². The van der Waals surface area contributed by atoms with Crippen molar-refractivity contribution in [3.8, 4) is 0 Å². The lowest BCUT2D eigenvalue weighted by Gasteiger charge is -2.30. The van der Waals surface area contributed by atoms with E-state index < -0.39 is 0 Å². The van der Waals surface area contributed by atoms with E-state index in [9.17, 15) is 4.79 Å². The van der Waals surface area contributed by atoms with Crippen molar-refractivity contribution in [3.63, 3.8) is 0 Å². The zero-order valence-electron chi connectivity index (χ0n) is 14.7. The molecule has 1 amide bonds. The van der Waals surface area contributed by atoms with Gasteiger partial charge in [-0.1, -0.05) is 36.2 Å². The minimum atomic E-state index is -0.0544. The number of piperidine rings is 1. The van der Waals surface area contributed by atoms with E-state index in [0.717, 1.165) is 30.9 Å². The van der Waals surface area contributed by atoms with Gasteiger partial charge in [-0.2, -0.15) is 5.10 Å². The summed E-state index contributed by atoms with van der Waals surface area (Å²) in [6, 6.07) is 9.49. The molecular formula is C19H25ClN4O. The Labute approximate surface area is 154 Å². The second-order valence-electron chi connectivity index (χ2n) is 6.66. The van der Waals surface area contributed by atoms with Crippen LogP contribution in [-0.2, 0) is 6.54 Å². The monoisotopic (exact) mass is 360 g/mol. The Bertz CT molecular complexity index is 709. The highest BCUT2D eigenvalue weighted by Crippen LogP contribution is 2.18. The standard InChI is InChI=1S/C19H25ClN4O/c1-15-13-18(22-21-15)19(25)24(12-11-23-9-5-2-6-10-23)14-16-7-3-4-8-17(16)20/h3-4,7-8,13H,2,5-6,9-12,14H2,1H3,(H,21,22). The van der Waals surface area contributed by atoms with Crippen molar-refractivity contribution in [1.82, 2.24) is 20.0 Å². The number of H-pyrrole nitrogens is 1. The molecule has 0 saturated carbocycles. The highest BCUT2D eigenvalue weighted by molar-refractivity contribution is 6.31. The third kappa shape index (κ3) is 4.83. The van der Waals surface area contributed by atoms with Gasteiger partial charge >= 0.3 is 0 Å². The van der Waals surface area contributed by atoms with Gasteiger partial charge in [-0.25, -0.2) is 0 Å². The van der Waals surface area contributed by atoms with Crippen molar-refractivity contribution in [3.05, 3.63) is 52.3 Å². The smallest absolute Gasteiger partial charge is 0.274 e. The first-order chi connectivity index (χ1) is 12.1. The van der Waals surface area contributed by atoms with Gasteiger partial charge in [0.2, 0.25) is 0 Å². The summed E-state index contributed by atoms with van der Waals surface area (Å²) >= 11 is 6.30. The van der Waals surface area contributed by atoms with Crippen molar-refractivity contribution in [2.24, 2.45) is 0 Å². The van der Waals surface area contributed by atoms with Gasteiger partial charge in [-0.3, -0.25) is 9.89 Å². The summed E-state index contributed by atoms with van der Waals surface area (Å²) in [7, 11) is 0. The van der Waals surface area contributed by atoms with Crippen molar-refractivity contribution in [2.75, 3.05) is 26.2 Å². The average molecular weight is 361 g/mol. The first-order valence-electron chi connectivity index (χ1n) is 8.90. The second-order valence-corrected chi connectivity index (χ2v) is 7.06. The molecular weight excluding hydrogens is 336 g/mol. The normalized spacial score (nSPS) is 15.3. The summed E-state index contributed by atoms with van der Waals surface area (Å²) in [6.07, 6.45) is 3.80. The van der Waals surface area contributed by atoms with Crippen LogP contribution < -0.4 is 0 Å². The molecule has 1 N–H and O–H groups in total. The largest absolute Gasteiger partial charge is 0.332 e. The van der Waals surface area contributed by atoms with E-state index in [1.807, 2.05) is 36.1 Å². The van der Waals surface area contributed by atoms with Crippen LogP contribution in [0.3, 0.4) is 0 Å². The van der Waals surface area contributed by atoms with Crippen molar-refractivity contribution in [2.45, 2.75) is 32.7 Å². The van der Waals surface area contributed by atoms with E-state index in [0.29, 0.717) is 23.8 Å². The fourth-order valence-corrected chi connectivity index (χ4v) is 3.41. The molecule has 1 saturated heterocycles. The van der Waals surface area contributed by atoms with Crippen LogP contribution in [0.25, 0.3) is 0 Å². The molecule has 134 valence electrons. The molecule has 1 aromatic heterocycles.